The summed E-state index contributed by atoms with van der Waals surface area (Å²) in [5, 5.41) is 6.18. The summed E-state index contributed by atoms with van der Waals surface area (Å²) in [7, 11) is 1.51. The molecular formula is C28H31F2IN4O6. The second-order valence-corrected chi connectivity index (χ2v) is 11.5. The predicted octanol–water partition coefficient (Wildman–Crippen LogP) is 3.10. The molecule has 0 aliphatic carbocycles. The van der Waals surface area contributed by atoms with Gasteiger partial charge in [0, 0.05) is 64.7 Å². The van der Waals surface area contributed by atoms with Crippen molar-refractivity contribution in [2.24, 2.45) is 5.92 Å². The number of fused-ring (bicyclic) bond motifs is 1. The zero-order valence-corrected chi connectivity index (χ0v) is 24.5. The molecule has 3 saturated heterocycles. The number of benzene rings is 1. The number of carbonyl (C=O) groups excluding carboxylic acids is 4. The molecule has 3 N–H and O–H groups in total. The molecule has 10 nitrogen and oxygen atoms in total. The molecule has 3 aliphatic rings. The van der Waals surface area contributed by atoms with E-state index in [1.807, 2.05) is 22.6 Å². The van der Waals surface area contributed by atoms with Crippen LogP contribution in [0.25, 0.3) is 10.9 Å². The summed E-state index contributed by atoms with van der Waals surface area (Å²) in [5.41, 5.74) is 1.14. The number of H-pyrrole nitrogens is 1. The van der Waals surface area contributed by atoms with Gasteiger partial charge in [0.05, 0.1) is 13.7 Å². The van der Waals surface area contributed by atoms with Gasteiger partial charge in [-0.25, -0.2) is 13.6 Å². The van der Waals surface area contributed by atoms with Gasteiger partial charge in [-0.3, -0.25) is 14.4 Å². The van der Waals surface area contributed by atoms with E-state index >= 15 is 0 Å². The highest BCUT2D eigenvalue weighted by Gasteiger charge is 2.50. The number of cyclic esters (lactones) is 1. The fraction of sp³-hybridized carbons (Fsp3) is 0.500. The van der Waals surface area contributed by atoms with Gasteiger partial charge in [0.2, 0.25) is 11.8 Å². The maximum atomic E-state index is 15.0. The Balaban J connectivity index is 1.46. The van der Waals surface area contributed by atoms with Crippen molar-refractivity contribution in [1.29, 1.82) is 0 Å². The Labute approximate surface area is 248 Å². The van der Waals surface area contributed by atoms with Crippen LogP contribution in [0.3, 0.4) is 0 Å². The van der Waals surface area contributed by atoms with Crippen LogP contribution in [-0.2, 0) is 19.1 Å². The van der Waals surface area contributed by atoms with Crippen molar-refractivity contribution in [3.8, 4) is 5.75 Å². The van der Waals surface area contributed by atoms with Crippen LogP contribution < -0.4 is 15.4 Å². The second kappa shape index (κ2) is 11.9. The van der Waals surface area contributed by atoms with Crippen LogP contribution >= 0.6 is 22.6 Å². The lowest BCUT2D eigenvalue weighted by atomic mass is 9.91. The Morgan fingerprint density at radius 3 is 2.78 bits per heavy atom. The molecule has 1 aromatic carbocycles. The van der Waals surface area contributed by atoms with Gasteiger partial charge in [-0.2, -0.15) is 0 Å². The molecule has 1 aromatic heterocycles. The van der Waals surface area contributed by atoms with Gasteiger partial charge < -0.3 is 30.0 Å². The Kier molecular flexibility index (Phi) is 8.52. The Hall–Kier alpha value is -3.23. The number of likely N-dealkylation sites (tertiary alicyclic amines) is 1. The molecule has 13 heteroatoms. The number of aromatic nitrogens is 1. The molecule has 220 valence electrons. The van der Waals surface area contributed by atoms with Crippen molar-refractivity contribution >= 4 is 57.2 Å². The molecule has 3 aliphatic heterocycles. The predicted molar refractivity (Wildman–Crippen MR) is 153 cm³/mol. The third-order valence-electron chi connectivity index (χ3n) is 7.84. The number of methoxy groups -OCH3 is 1. The van der Waals surface area contributed by atoms with Gasteiger partial charge in [0.1, 0.15) is 17.5 Å². The minimum Gasteiger partial charge on any atom is -0.496 e. The molecule has 5 rings (SSSR count). The SMILES string of the molecule is COc1cccc2[nH]c(C(=O)N3[C@@H](CI)CC(F)(F)C[C@H]3C(=O)N[C@H](/C=C3/CCOC3=O)C[C@@H]3CCNC3=O)cc12. The van der Waals surface area contributed by atoms with Gasteiger partial charge in [0.15, 0.2) is 0 Å². The van der Waals surface area contributed by atoms with Crippen molar-refractivity contribution in [3.05, 3.63) is 41.6 Å². The number of piperidine rings is 1. The largest absolute Gasteiger partial charge is 0.496 e. The van der Waals surface area contributed by atoms with Gasteiger partial charge in [0.25, 0.3) is 11.8 Å². The third-order valence-corrected chi connectivity index (χ3v) is 8.86. The minimum atomic E-state index is -3.17. The number of amides is 3. The first kappa shape index (κ1) is 29.3. The molecular weight excluding hydrogens is 653 g/mol. The van der Waals surface area contributed by atoms with Crippen molar-refractivity contribution in [1.82, 2.24) is 20.5 Å². The first-order valence-corrected chi connectivity index (χ1v) is 15.0. The van der Waals surface area contributed by atoms with E-state index in [-0.39, 0.29) is 29.1 Å². The lowest BCUT2D eigenvalue weighted by Gasteiger charge is -2.44. The Bertz CT molecular complexity index is 1390. The highest BCUT2D eigenvalue weighted by Crippen LogP contribution is 2.38. The number of esters is 1. The average Bonchev–Trinajstić information content (AvgIpc) is 3.67. The van der Waals surface area contributed by atoms with Crippen LogP contribution in [0.2, 0.25) is 0 Å². The quantitative estimate of drug-likeness (QED) is 0.170. The molecule has 0 saturated carbocycles. The first-order chi connectivity index (χ1) is 19.6. The van der Waals surface area contributed by atoms with Crippen LogP contribution in [0.15, 0.2) is 35.9 Å². The third kappa shape index (κ3) is 6.19. The van der Waals surface area contributed by atoms with E-state index < -0.39 is 60.6 Å². The highest BCUT2D eigenvalue weighted by molar-refractivity contribution is 14.1. The molecule has 2 aromatic rings. The van der Waals surface area contributed by atoms with Crippen LogP contribution in [0.5, 0.6) is 5.75 Å². The number of halogens is 3. The molecule has 4 atom stereocenters. The van der Waals surface area contributed by atoms with Crippen molar-refractivity contribution < 1.29 is 37.4 Å². The summed E-state index contributed by atoms with van der Waals surface area (Å²) in [6.07, 6.45) is 1.20. The van der Waals surface area contributed by atoms with E-state index in [0.717, 1.165) is 0 Å². The number of nitrogens with zero attached hydrogens (tertiary/aromatic N) is 1. The maximum Gasteiger partial charge on any atom is 0.333 e. The number of hydrogen-bond acceptors (Lipinski definition) is 6. The Morgan fingerprint density at radius 2 is 2.12 bits per heavy atom. The topological polar surface area (TPSA) is 130 Å². The molecule has 41 heavy (non-hydrogen) atoms. The normalized spacial score (nSPS) is 25.7. The monoisotopic (exact) mass is 684 g/mol. The summed E-state index contributed by atoms with van der Waals surface area (Å²) < 4.78 is 40.5. The van der Waals surface area contributed by atoms with E-state index in [1.165, 1.54) is 12.0 Å². The highest BCUT2D eigenvalue weighted by atomic mass is 127. The molecule has 0 bridgehead atoms. The fourth-order valence-electron chi connectivity index (χ4n) is 5.84. The second-order valence-electron chi connectivity index (χ2n) is 10.6. The number of hydrogen-bond donors (Lipinski definition) is 3. The summed E-state index contributed by atoms with van der Waals surface area (Å²) in [6.45, 7) is 0.700. The standard InChI is InChI=1S/C28H31F2IN4O6/c1-40-23-4-2-3-20-19(23)11-21(34-20)26(38)35-18(14-31)12-28(29,30)13-22(35)25(37)33-17(9-15-5-7-32-24(15)36)10-16-6-8-41-27(16)39/h2-4,10-11,15,17-18,22,34H,5-9,12-14H2,1H3,(H,32,36)(H,33,37)/b16-10-/t15-,17-,18+,22-/m0/s1. The van der Waals surface area contributed by atoms with Crippen LogP contribution in [-0.4, -0.2) is 82.3 Å². The lowest BCUT2D eigenvalue weighted by molar-refractivity contribution is -0.139. The molecule has 3 amide bonds. The lowest BCUT2D eigenvalue weighted by Crippen LogP contribution is -2.61. The minimum absolute atomic E-state index is 0.150. The number of alkyl halides is 3. The van der Waals surface area contributed by atoms with E-state index in [0.29, 0.717) is 41.6 Å². The molecule has 3 fully saturated rings. The Morgan fingerprint density at radius 1 is 1.32 bits per heavy atom. The number of rotatable bonds is 8. The van der Waals surface area contributed by atoms with E-state index in [9.17, 15) is 28.0 Å². The summed E-state index contributed by atoms with van der Waals surface area (Å²) in [6, 6.07) is 3.70. The fourth-order valence-corrected chi connectivity index (χ4v) is 6.58. The number of ether oxygens (including phenoxy) is 2. The molecule has 0 radical (unpaired) electrons. The molecule has 4 heterocycles. The smallest absolute Gasteiger partial charge is 0.333 e. The number of carbonyl (C=O) groups is 4. The van der Waals surface area contributed by atoms with Gasteiger partial charge in [-0.1, -0.05) is 34.7 Å². The van der Waals surface area contributed by atoms with Gasteiger partial charge in [-0.15, -0.1) is 0 Å². The summed E-state index contributed by atoms with van der Waals surface area (Å²) >= 11 is 1.95. The van der Waals surface area contributed by atoms with Crippen LogP contribution in [0.1, 0.15) is 42.6 Å². The average molecular weight is 684 g/mol. The van der Waals surface area contributed by atoms with Gasteiger partial charge in [-0.05, 0) is 31.0 Å². The van der Waals surface area contributed by atoms with Crippen molar-refractivity contribution in [2.75, 3.05) is 24.7 Å². The van der Waals surface area contributed by atoms with Crippen molar-refractivity contribution in [3.63, 3.8) is 0 Å². The molecule has 0 spiro atoms. The van der Waals surface area contributed by atoms with Gasteiger partial charge >= 0.3 is 5.97 Å². The maximum absolute atomic E-state index is 15.0. The summed E-state index contributed by atoms with van der Waals surface area (Å²) in [5.74, 6) is -5.08. The zero-order valence-electron chi connectivity index (χ0n) is 22.4. The number of aromatic amines is 1. The van der Waals surface area contributed by atoms with E-state index in [2.05, 4.69) is 15.6 Å². The van der Waals surface area contributed by atoms with Crippen molar-refractivity contribution in [2.45, 2.75) is 56.2 Å². The van der Waals surface area contributed by atoms with E-state index in [1.54, 1.807) is 30.3 Å². The summed E-state index contributed by atoms with van der Waals surface area (Å²) in [4.78, 5) is 56.4. The zero-order chi connectivity index (χ0) is 29.3. The number of nitrogens with one attached hydrogen (secondary N) is 3. The van der Waals surface area contributed by atoms with Crippen LogP contribution in [0, 0.1) is 5.92 Å². The molecule has 0 unspecified atom stereocenters. The first-order valence-electron chi connectivity index (χ1n) is 13.5. The van der Waals surface area contributed by atoms with Crippen LogP contribution in [0.4, 0.5) is 8.78 Å². The van der Waals surface area contributed by atoms with E-state index in [4.69, 9.17) is 9.47 Å².